The molecule has 0 spiro atoms. The van der Waals surface area contributed by atoms with E-state index in [9.17, 15) is 33.1 Å². The second-order valence-electron chi connectivity index (χ2n) is 7.20. The van der Waals surface area contributed by atoms with E-state index in [4.69, 9.17) is 11.6 Å². The first-order valence-corrected chi connectivity index (χ1v) is 10.7. The predicted molar refractivity (Wildman–Crippen MR) is 115 cm³/mol. The number of imide groups is 1. The second kappa shape index (κ2) is 8.50. The van der Waals surface area contributed by atoms with Crippen molar-refractivity contribution in [1.82, 2.24) is 9.88 Å². The van der Waals surface area contributed by atoms with E-state index in [1.807, 2.05) is 6.07 Å². The third-order valence-corrected chi connectivity index (χ3v) is 6.44. The van der Waals surface area contributed by atoms with Gasteiger partial charge in [-0.05, 0) is 48.9 Å². The molecule has 168 valence electrons. The Labute approximate surface area is 194 Å². The smallest absolute Gasteiger partial charge is 0.416 e. The standard InChI is InChI=1S/C22H13ClF3N3O3S/c23-13-4-1-11(2-5-13)21(32)29-16(6-8-18(29)30)19(31)14(10-27)20-28-15-9-12(22(24,25)26)3-7-17(15)33-20/h1-5,7,9,16,31H,6,8H2/b19-14-. The Bertz CT molecular complexity index is 1340. The molecule has 0 saturated carbocycles. The summed E-state index contributed by atoms with van der Waals surface area (Å²) in [5.41, 5.74) is -1.01. The molecule has 1 saturated heterocycles. The molecule has 0 aliphatic carbocycles. The number of benzene rings is 2. The Morgan fingerprint density at radius 3 is 2.58 bits per heavy atom. The maximum atomic E-state index is 13.0. The molecule has 11 heteroatoms. The van der Waals surface area contributed by atoms with E-state index in [1.165, 1.54) is 30.3 Å². The van der Waals surface area contributed by atoms with E-state index in [1.54, 1.807) is 0 Å². The molecule has 33 heavy (non-hydrogen) atoms. The minimum absolute atomic E-state index is 0.0115. The largest absolute Gasteiger partial charge is 0.509 e. The van der Waals surface area contributed by atoms with Crippen molar-refractivity contribution in [2.45, 2.75) is 25.1 Å². The molecule has 1 aliphatic rings. The number of halogens is 4. The van der Waals surface area contributed by atoms with Gasteiger partial charge in [-0.15, -0.1) is 11.3 Å². The number of rotatable bonds is 3. The third kappa shape index (κ3) is 4.29. The number of thiazole rings is 1. The fourth-order valence-electron chi connectivity index (χ4n) is 3.52. The number of likely N-dealkylation sites (tertiary alicyclic amines) is 1. The van der Waals surface area contributed by atoms with Gasteiger partial charge in [0.25, 0.3) is 5.91 Å². The molecule has 1 aromatic heterocycles. The fourth-order valence-corrected chi connectivity index (χ4v) is 4.60. The molecule has 1 unspecified atom stereocenters. The van der Waals surface area contributed by atoms with Gasteiger partial charge in [-0.2, -0.15) is 18.4 Å². The number of nitrogens with zero attached hydrogens (tertiary/aromatic N) is 3. The van der Waals surface area contributed by atoms with Crippen LogP contribution in [0.3, 0.4) is 0 Å². The zero-order chi connectivity index (χ0) is 23.9. The molecule has 6 nitrogen and oxygen atoms in total. The molecule has 3 aromatic rings. The lowest BCUT2D eigenvalue weighted by atomic mass is 10.1. The van der Waals surface area contributed by atoms with Gasteiger partial charge >= 0.3 is 6.18 Å². The number of aromatic nitrogens is 1. The van der Waals surface area contributed by atoms with Crippen LogP contribution < -0.4 is 0 Å². The van der Waals surface area contributed by atoms with Gasteiger partial charge in [0, 0.05) is 17.0 Å². The lowest BCUT2D eigenvalue weighted by Crippen LogP contribution is -2.40. The monoisotopic (exact) mass is 491 g/mol. The molecule has 1 fully saturated rings. The number of carbonyl (C=O) groups is 2. The van der Waals surface area contributed by atoms with Gasteiger partial charge in [-0.25, -0.2) is 4.98 Å². The number of carbonyl (C=O) groups excluding carboxylic acids is 2. The topological polar surface area (TPSA) is 94.3 Å². The van der Waals surface area contributed by atoms with Crippen LogP contribution in [0.25, 0.3) is 15.8 Å². The van der Waals surface area contributed by atoms with E-state index < -0.39 is 35.4 Å². The van der Waals surface area contributed by atoms with Crippen molar-refractivity contribution in [2.75, 3.05) is 0 Å². The van der Waals surface area contributed by atoms with Crippen LogP contribution in [-0.4, -0.2) is 32.8 Å². The van der Waals surface area contributed by atoms with Crippen molar-refractivity contribution in [1.29, 1.82) is 5.26 Å². The molecule has 4 rings (SSSR count). The Morgan fingerprint density at radius 2 is 1.94 bits per heavy atom. The summed E-state index contributed by atoms with van der Waals surface area (Å²) in [7, 11) is 0. The van der Waals surface area contributed by atoms with Crippen molar-refractivity contribution in [3.8, 4) is 6.07 Å². The van der Waals surface area contributed by atoms with Crippen molar-refractivity contribution >= 4 is 50.5 Å². The predicted octanol–water partition coefficient (Wildman–Crippen LogP) is 5.59. The van der Waals surface area contributed by atoms with Crippen LogP contribution >= 0.6 is 22.9 Å². The highest BCUT2D eigenvalue weighted by atomic mass is 35.5. The lowest BCUT2D eigenvalue weighted by molar-refractivity contribution is -0.137. The summed E-state index contributed by atoms with van der Waals surface area (Å²) in [5.74, 6) is -1.73. The van der Waals surface area contributed by atoms with Crippen LogP contribution in [0.5, 0.6) is 0 Å². The van der Waals surface area contributed by atoms with E-state index in [0.717, 1.165) is 28.4 Å². The second-order valence-corrected chi connectivity index (χ2v) is 8.67. The minimum atomic E-state index is -4.55. The van der Waals surface area contributed by atoms with E-state index in [0.29, 0.717) is 9.72 Å². The van der Waals surface area contributed by atoms with E-state index in [2.05, 4.69) is 4.98 Å². The number of allylic oxidation sites excluding steroid dienone is 1. The van der Waals surface area contributed by atoms with Gasteiger partial charge < -0.3 is 5.11 Å². The molecule has 1 N–H and O–H groups in total. The van der Waals surface area contributed by atoms with Gasteiger partial charge in [0.2, 0.25) is 5.91 Å². The number of hydrogen-bond acceptors (Lipinski definition) is 6. The van der Waals surface area contributed by atoms with Gasteiger partial charge in [0.1, 0.15) is 22.4 Å². The average Bonchev–Trinajstić information content (AvgIpc) is 3.36. The minimum Gasteiger partial charge on any atom is -0.509 e. The van der Waals surface area contributed by atoms with Crippen LogP contribution in [0, 0.1) is 11.3 Å². The number of hydrogen-bond donors (Lipinski definition) is 1. The molecule has 1 atom stereocenters. The number of amides is 2. The van der Waals surface area contributed by atoms with Gasteiger partial charge in [0.05, 0.1) is 21.8 Å². The zero-order valence-corrected chi connectivity index (χ0v) is 18.1. The maximum absolute atomic E-state index is 13.0. The summed E-state index contributed by atoms with van der Waals surface area (Å²) < 4.78 is 39.4. The average molecular weight is 492 g/mol. The van der Waals surface area contributed by atoms with Crippen molar-refractivity contribution in [2.24, 2.45) is 0 Å². The summed E-state index contributed by atoms with van der Waals surface area (Å²) in [5, 5.41) is 20.9. The highest BCUT2D eigenvalue weighted by molar-refractivity contribution is 7.19. The number of fused-ring (bicyclic) bond motifs is 1. The molecule has 2 amide bonds. The molecule has 2 aromatic carbocycles. The SMILES string of the molecule is N#C/C(=C(/O)C1CCC(=O)N1C(=O)c1ccc(Cl)cc1)c1nc2cc(C(F)(F)F)ccc2s1. The first-order chi connectivity index (χ1) is 15.6. The summed E-state index contributed by atoms with van der Waals surface area (Å²) in [6.07, 6.45) is -4.50. The highest BCUT2D eigenvalue weighted by Gasteiger charge is 2.40. The Kier molecular flexibility index (Phi) is 5.86. The summed E-state index contributed by atoms with van der Waals surface area (Å²) in [4.78, 5) is 30.3. The number of alkyl halides is 3. The molecule has 1 aliphatic heterocycles. The first-order valence-electron chi connectivity index (χ1n) is 9.53. The zero-order valence-electron chi connectivity index (χ0n) is 16.6. The number of aliphatic hydroxyl groups excluding tert-OH is 1. The number of nitriles is 1. The summed E-state index contributed by atoms with van der Waals surface area (Å²) >= 11 is 6.76. The van der Waals surface area contributed by atoms with Gasteiger partial charge in [0.15, 0.2) is 0 Å². The van der Waals surface area contributed by atoms with Gasteiger partial charge in [-0.1, -0.05) is 11.6 Å². The van der Waals surface area contributed by atoms with Crippen LogP contribution in [0.4, 0.5) is 13.2 Å². The van der Waals surface area contributed by atoms with E-state index >= 15 is 0 Å². The van der Waals surface area contributed by atoms with Crippen LogP contribution in [0.15, 0.2) is 48.2 Å². The van der Waals surface area contributed by atoms with E-state index in [-0.39, 0.29) is 34.5 Å². The van der Waals surface area contributed by atoms with Crippen LogP contribution in [0.2, 0.25) is 5.02 Å². The van der Waals surface area contributed by atoms with Crippen LogP contribution in [0.1, 0.15) is 33.8 Å². The molecule has 0 bridgehead atoms. The summed E-state index contributed by atoms with van der Waals surface area (Å²) in [6.45, 7) is 0. The van der Waals surface area contributed by atoms with Crippen LogP contribution in [-0.2, 0) is 11.0 Å². The molecular weight excluding hydrogens is 479 g/mol. The Balaban J connectivity index is 1.73. The molecule has 2 heterocycles. The Hall–Kier alpha value is -3.42. The normalized spacial score (nSPS) is 17.2. The first kappa shape index (κ1) is 22.8. The number of aliphatic hydroxyl groups is 1. The van der Waals surface area contributed by atoms with Crippen molar-refractivity contribution < 1.29 is 27.9 Å². The highest BCUT2D eigenvalue weighted by Crippen LogP contribution is 2.36. The van der Waals surface area contributed by atoms with Crippen molar-refractivity contribution in [3.63, 3.8) is 0 Å². The quantitative estimate of drug-likeness (QED) is 0.293. The maximum Gasteiger partial charge on any atom is 0.416 e. The molecular formula is C22H13ClF3N3O3S. The fraction of sp³-hybridized carbons (Fsp3) is 0.182. The summed E-state index contributed by atoms with van der Waals surface area (Å²) in [6, 6.07) is 9.54. The molecule has 0 radical (unpaired) electrons. The van der Waals surface area contributed by atoms with Crippen molar-refractivity contribution in [3.05, 3.63) is 69.4 Å². The lowest BCUT2D eigenvalue weighted by Gasteiger charge is -2.23. The van der Waals surface area contributed by atoms with Gasteiger partial charge in [-0.3, -0.25) is 14.5 Å². The Morgan fingerprint density at radius 1 is 1.24 bits per heavy atom. The third-order valence-electron chi connectivity index (χ3n) is 5.13.